The topological polar surface area (TPSA) is 84.2 Å². The lowest BCUT2D eigenvalue weighted by atomic mass is 9.97. The number of thiazole rings is 1. The number of amides is 1. The third-order valence-electron chi connectivity index (χ3n) is 4.24. The Labute approximate surface area is 143 Å². The highest BCUT2D eigenvalue weighted by Gasteiger charge is 2.20. The first-order valence-electron chi connectivity index (χ1n) is 7.99. The molecule has 3 aromatic rings. The van der Waals surface area contributed by atoms with Crippen molar-refractivity contribution in [2.24, 2.45) is 0 Å². The molecule has 1 aliphatic heterocycles. The van der Waals surface area contributed by atoms with Crippen molar-refractivity contribution >= 4 is 28.0 Å². The summed E-state index contributed by atoms with van der Waals surface area (Å²) in [7, 11) is 0. The van der Waals surface area contributed by atoms with E-state index >= 15 is 0 Å². The van der Waals surface area contributed by atoms with E-state index in [1.807, 2.05) is 19.2 Å². The SMILES string of the molecule is Cc1ccn2ncc(C(=O)Nc3ncc(C4CCNCC4)s3)c2n1. The molecule has 124 valence electrons. The molecule has 8 heteroatoms. The first-order valence-corrected chi connectivity index (χ1v) is 8.81. The lowest BCUT2D eigenvalue weighted by Gasteiger charge is -2.20. The first-order chi connectivity index (χ1) is 11.7. The van der Waals surface area contributed by atoms with E-state index in [-0.39, 0.29) is 5.91 Å². The Morgan fingerprint density at radius 2 is 2.21 bits per heavy atom. The number of aromatic nitrogens is 4. The number of rotatable bonds is 3. The van der Waals surface area contributed by atoms with Gasteiger partial charge in [-0.05, 0) is 44.8 Å². The summed E-state index contributed by atoms with van der Waals surface area (Å²) in [6, 6.07) is 1.85. The van der Waals surface area contributed by atoms with Crippen molar-refractivity contribution in [1.82, 2.24) is 24.9 Å². The van der Waals surface area contributed by atoms with Crippen LogP contribution in [0.1, 0.15) is 39.7 Å². The van der Waals surface area contributed by atoms with Gasteiger partial charge in [0.2, 0.25) is 0 Å². The predicted octanol–water partition coefficient (Wildman–Crippen LogP) is 2.21. The van der Waals surface area contributed by atoms with Crippen LogP contribution in [0.4, 0.5) is 5.13 Å². The molecule has 0 aromatic carbocycles. The van der Waals surface area contributed by atoms with Crippen LogP contribution >= 0.6 is 11.3 Å². The molecule has 1 fully saturated rings. The molecule has 0 unspecified atom stereocenters. The zero-order valence-electron chi connectivity index (χ0n) is 13.3. The maximum atomic E-state index is 12.5. The van der Waals surface area contributed by atoms with Gasteiger partial charge < -0.3 is 5.32 Å². The van der Waals surface area contributed by atoms with Crippen molar-refractivity contribution < 1.29 is 4.79 Å². The number of hydrogen-bond donors (Lipinski definition) is 2. The van der Waals surface area contributed by atoms with Crippen LogP contribution < -0.4 is 10.6 Å². The standard InChI is InChI=1S/C16H18N6OS/c1-10-4-7-22-14(20-10)12(8-19-22)15(23)21-16-18-9-13(24-16)11-2-5-17-6-3-11/h4,7-9,11,17H,2-3,5-6H2,1H3,(H,18,21,23). The molecule has 1 amide bonds. The number of carbonyl (C=O) groups excluding carboxylic acids is 1. The summed E-state index contributed by atoms with van der Waals surface area (Å²) in [5.74, 6) is 0.310. The number of fused-ring (bicyclic) bond motifs is 1. The number of hydrogen-bond acceptors (Lipinski definition) is 6. The average molecular weight is 342 g/mol. The zero-order valence-corrected chi connectivity index (χ0v) is 14.1. The van der Waals surface area contributed by atoms with E-state index in [1.165, 1.54) is 4.88 Å². The zero-order chi connectivity index (χ0) is 16.5. The first kappa shape index (κ1) is 15.2. The normalized spacial score (nSPS) is 15.7. The van der Waals surface area contributed by atoms with E-state index in [0.717, 1.165) is 31.6 Å². The smallest absolute Gasteiger partial charge is 0.262 e. The molecule has 1 saturated heterocycles. The van der Waals surface area contributed by atoms with Gasteiger partial charge in [-0.3, -0.25) is 10.1 Å². The van der Waals surface area contributed by atoms with Crippen molar-refractivity contribution in [3.05, 3.63) is 40.8 Å². The minimum Gasteiger partial charge on any atom is -0.317 e. The fraction of sp³-hybridized carbons (Fsp3) is 0.375. The van der Waals surface area contributed by atoms with Crippen LogP contribution in [-0.4, -0.2) is 38.6 Å². The molecule has 0 bridgehead atoms. The molecule has 0 saturated carbocycles. The van der Waals surface area contributed by atoms with Gasteiger partial charge in [-0.25, -0.2) is 14.5 Å². The lowest BCUT2D eigenvalue weighted by molar-refractivity contribution is 0.102. The predicted molar refractivity (Wildman–Crippen MR) is 92.6 cm³/mol. The van der Waals surface area contributed by atoms with Gasteiger partial charge in [-0.2, -0.15) is 5.10 Å². The number of piperidine rings is 1. The van der Waals surface area contributed by atoms with Crippen LogP contribution in [0.3, 0.4) is 0 Å². The van der Waals surface area contributed by atoms with Gasteiger partial charge in [0.25, 0.3) is 5.91 Å². The van der Waals surface area contributed by atoms with E-state index in [9.17, 15) is 4.79 Å². The number of aryl methyl sites for hydroxylation is 1. The Morgan fingerprint density at radius 3 is 3.04 bits per heavy atom. The van der Waals surface area contributed by atoms with Gasteiger partial charge in [0.15, 0.2) is 10.8 Å². The maximum Gasteiger partial charge on any atom is 0.262 e. The minimum atomic E-state index is -0.227. The van der Waals surface area contributed by atoms with Crippen LogP contribution in [0.2, 0.25) is 0 Å². The van der Waals surface area contributed by atoms with Gasteiger partial charge in [-0.1, -0.05) is 0 Å². The average Bonchev–Trinajstić information content (AvgIpc) is 3.22. The highest BCUT2D eigenvalue weighted by Crippen LogP contribution is 2.31. The maximum absolute atomic E-state index is 12.5. The van der Waals surface area contributed by atoms with Gasteiger partial charge in [-0.15, -0.1) is 11.3 Å². The van der Waals surface area contributed by atoms with E-state index in [4.69, 9.17) is 0 Å². The number of carbonyl (C=O) groups is 1. The Balaban J connectivity index is 1.53. The molecule has 3 aromatic heterocycles. The quantitative estimate of drug-likeness (QED) is 0.762. The molecular weight excluding hydrogens is 324 g/mol. The van der Waals surface area contributed by atoms with Crippen molar-refractivity contribution in [1.29, 1.82) is 0 Å². The van der Waals surface area contributed by atoms with Crippen molar-refractivity contribution in [2.75, 3.05) is 18.4 Å². The molecule has 0 spiro atoms. The monoisotopic (exact) mass is 342 g/mol. The third-order valence-corrected chi connectivity index (χ3v) is 5.31. The van der Waals surface area contributed by atoms with Crippen LogP contribution in [0, 0.1) is 6.92 Å². The van der Waals surface area contributed by atoms with Gasteiger partial charge in [0.1, 0.15) is 5.56 Å². The second kappa shape index (κ2) is 6.29. The molecule has 24 heavy (non-hydrogen) atoms. The van der Waals surface area contributed by atoms with Crippen molar-refractivity contribution in [3.8, 4) is 0 Å². The summed E-state index contributed by atoms with van der Waals surface area (Å²) in [4.78, 5) is 22.5. The summed E-state index contributed by atoms with van der Waals surface area (Å²) in [6.45, 7) is 3.97. The second-order valence-corrected chi connectivity index (χ2v) is 7.00. The molecule has 1 aliphatic rings. The van der Waals surface area contributed by atoms with Gasteiger partial charge >= 0.3 is 0 Å². The van der Waals surface area contributed by atoms with Crippen LogP contribution in [0.15, 0.2) is 24.7 Å². The van der Waals surface area contributed by atoms with Crippen molar-refractivity contribution in [2.45, 2.75) is 25.7 Å². The Hall–Kier alpha value is -2.32. The summed E-state index contributed by atoms with van der Waals surface area (Å²) in [5.41, 5.74) is 1.86. The highest BCUT2D eigenvalue weighted by molar-refractivity contribution is 7.15. The largest absolute Gasteiger partial charge is 0.317 e. The molecule has 0 atom stereocenters. The highest BCUT2D eigenvalue weighted by atomic mass is 32.1. The molecule has 7 nitrogen and oxygen atoms in total. The second-order valence-electron chi connectivity index (χ2n) is 5.94. The fourth-order valence-electron chi connectivity index (χ4n) is 2.92. The fourth-order valence-corrected chi connectivity index (χ4v) is 3.90. The van der Waals surface area contributed by atoms with E-state index in [2.05, 4.69) is 25.7 Å². The van der Waals surface area contributed by atoms with Gasteiger partial charge in [0.05, 0.1) is 6.20 Å². The Morgan fingerprint density at radius 1 is 1.38 bits per heavy atom. The Bertz CT molecular complexity index is 880. The summed E-state index contributed by atoms with van der Waals surface area (Å²) < 4.78 is 1.60. The van der Waals surface area contributed by atoms with E-state index in [1.54, 1.807) is 28.2 Å². The number of anilines is 1. The summed E-state index contributed by atoms with van der Waals surface area (Å²) >= 11 is 1.56. The molecule has 0 radical (unpaired) electrons. The minimum absolute atomic E-state index is 0.227. The van der Waals surface area contributed by atoms with Crippen LogP contribution in [-0.2, 0) is 0 Å². The third kappa shape index (κ3) is 2.90. The molecular formula is C16H18N6OS. The molecule has 4 rings (SSSR count). The van der Waals surface area contributed by atoms with Crippen LogP contribution in [0.25, 0.3) is 5.65 Å². The van der Waals surface area contributed by atoms with Crippen molar-refractivity contribution in [3.63, 3.8) is 0 Å². The number of nitrogens with zero attached hydrogens (tertiary/aromatic N) is 4. The molecule has 4 heterocycles. The summed E-state index contributed by atoms with van der Waals surface area (Å²) in [6.07, 6.45) is 7.46. The molecule has 2 N–H and O–H groups in total. The Kier molecular flexibility index (Phi) is 3.99. The van der Waals surface area contributed by atoms with E-state index < -0.39 is 0 Å². The number of nitrogens with one attached hydrogen (secondary N) is 2. The van der Waals surface area contributed by atoms with E-state index in [0.29, 0.717) is 22.3 Å². The van der Waals surface area contributed by atoms with Crippen LogP contribution in [0.5, 0.6) is 0 Å². The lowest BCUT2D eigenvalue weighted by Crippen LogP contribution is -2.26. The van der Waals surface area contributed by atoms with Gasteiger partial charge in [0, 0.05) is 23.0 Å². The summed E-state index contributed by atoms with van der Waals surface area (Å²) in [5, 5.41) is 11.0. The molecule has 0 aliphatic carbocycles.